The highest BCUT2D eigenvalue weighted by molar-refractivity contribution is 6.32. The van der Waals surface area contributed by atoms with Crippen molar-refractivity contribution >= 4 is 11.6 Å². The van der Waals surface area contributed by atoms with Gasteiger partial charge in [-0.15, -0.1) is 0 Å². The SMILES string of the molecule is CCc1cc(CC)nc(-c2c(CC)ccnc2Cl)n1. The third kappa shape index (κ3) is 2.92. The normalized spacial score (nSPS) is 10.7. The van der Waals surface area contributed by atoms with Gasteiger partial charge in [-0.1, -0.05) is 32.4 Å². The van der Waals surface area contributed by atoms with E-state index >= 15 is 0 Å². The van der Waals surface area contributed by atoms with Gasteiger partial charge in [-0.2, -0.15) is 0 Å². The lowest BCUT2D eigenvalue weighted by Crippen LogP contribution is -2.02. The van der Waals surface area contributed by atoms with Gasteiger partial charge in [0.1, 0.15) is 5.15 Å². The van der Waals surface area contributed by atoms with Gasteiger partial charge in [-0.05, 0) is 37.0 Å². The number of hydrogen-bond acceptors (Lipinski definition) is 3. The van der Waals surface area contributed by atoms with Crippen LogP contribution >= 0.6 is 11.6 Å². The first kappa shape index (κ1) is 13.9. The summed E-state index contributed by atoms with van der Waals surface area (Å²) < 4.78 is 0. The molecule has 0 aliphatic carbocycles. The van der Waals surface area contributed by atoms with Crippen LogP contribution in [0, 0.1) is 0 Å². The highest BCUT2D eigenvalue weighted by Crippen LogP contribution is 2.28. The Bertz CT molecular complexity index is 559. The molecule has 100 valence electrons. The quantitative estimate of drug-likeness (QED) is 0.795. The van der Waals surface area contributed by atoms with Crippen molar-refractivity contribution in [2.24, 2.45) is 0 Å². The van der Waals surface area contributed by atoms with Crippen LogP contribution < -0.4 is 0 Å². The minimum Gasteiger partial charge on any atom is -0.244 e. The van der Waals surface area contributed by atoms with E-state index in [9.17, 15) is 0 Å². The molecule has 2 heterocycles. The molecule has 0 spiro atoms. The summed E-state index contributed by atoms with van der Waals surface area (Å²) >= 11 is 6.24. The van der Waals surface area contributed by atoms with E-state index in [1.807, 2.05) is 6.07 Å². The van der Waals surface area contributed by atoms with E-state index in [2.05, 4.69) is 41.8 Å². The van der Waals surface area contributed by atoms with E-state index < -0.39 is 0 Å². The van der Waals surface area contributed by atoms with E-state index in [0.717, 1.165) is 41.8 Å². The zero-order chi connectivity index (χ0) is 13.8. The molecule has 0 aromatic carbocycles. The molecule has 0 aliphatic heterocycles. The molecular weight excluding hydrogens is 258 g/mol. The minimum atomic E-state index is 0.481. The van der Waals surface area contributed by atoms with Crippen LogP contribution in [-0.4, -0.2) is 15.0 Å². The minimum absolute atomic E-state index is 0.481. The highest BCUT2D eigenvalue weighted by Gasteiger charge is 2.14. The summed E-state index contributed by atoms with van der Waals surface area (Å²) in [5, 5.41) is 0.481. The molecule has 0 radical (unpaired) electrons. The predicted molar refractivity (Wildman–Crippen MR) is 78.4 cm³/mol. The fraction of sp³-hybridized carbons (Fsp3) is 0.400. The predicted octanol–water partition coefficient (Wildman–Crippen LogP) is 3.88. The van der Waals surface area contributed by atoms with Gasteiger partial charge in [-0.25, -0.2) is 15.0 Å². The molecule has 2 aromatic rings. The maximum atomic E-state index is 6.24. The number of nitrogens with zero attached hydrogens (tertiary/aromatic N) is 3. The van der Waals surface area contributed by atoms with Gasteiger partial charge in [0, 0.05) is 17.6 Å². The van der Waals surface area contributed by atoms with Gasteiger partial charge in [0.25, 0.3) is 0 Å². The van der Waals surface area contributed by atoms with Crippen LogP contribution in [0.1, 0.15) is 37.7 Å². The van der Waals surface area contributed by atoms with Crippen LogP contribution in [0.3, 0.4) is 0 Å². The zero-order valence-corrected chi connectivity index (χ0v) is 12.3. The van der Waals surface area contributed by atoms with Crippen molar-refractivity contribution in [1.82, 2.24) is 15.0 Å². The average molecular weight is 276 g/mol. The van der Waals surface area contributed by atoms with E-state index in [0.29, 0.717) is 11.0 Å². The largest absolute Gasteiger partial charge is 0.244 e. The molecule has 3 nitrogen and oxygen atoms in total. The summed E-state index contributed by atoms with van der Waals surface area (Å²) in [5.41, 5.74) is 4.10. The third-order valence-corrected chi connectivity index (χ3v) is 3.44. The van der Waals surface area contributed by atoms with Crippen molar-refractivity contribution in [2.45, 2.75) is 40.0 Å². The Labute approximate surface area is 119 Å². The Hall–Kier alpha value is -1.48. The molecular formula is C15H18ClN3. The number of aromatic nitrogens is 3. The van der Waals surface area contributed by atoms with Crippen LogP contribution in [0.4, 0.5) is 0 Å². The topological polar surface area (TPSA) is 38.7 Å². The number of pyridine rings is 1. The van der Waals surface area contributed by atoms with E-state index in [4.69, 9.17) is 11.6 Å². The fourth-order valence-electron chi connectivity index (χ4n) is 2.03. The van der Waals surface area contributed by atoms with Gasteiger partial charge in [-0.3, -0.25) is 0 Å². The molecule has 0 amide bonds. The Morgan fingerprint density at radius 3 is 2.16 bits per heavy atom. The van der Waals surface area contributed by atoms with Crippen molar-refractivity contribution in [2.75, 3.05) is 0 Å². The van der Waals surface area contributed by atoms with Crippen LogP contribution in [0.2, 0.25) is 5.15 Å². The van der Waals surface area contributed by atoms with Crippen LogP contribution in [0.25, 0.3) is 11.4 Å². The number of hydrogen-bond donors (Lipinski definition) is 0. The van der Waals surface area contributed by atoms with E-state index in [-0.39, 0.29) is 0 Å². The van der Waals surface area contributed by atoms with Crippen molar-refractivity contribution in [3.05, 3.63) is 40.4 Å². The molecule has 0 aliphatic rings. The standard InChI is InChI=1S/C15H18ClN3/c1-4-10-7-8-17-14(16)13(10)15-18-11(5-2)9-12(6-3)19-15/h7-9H,4-6H2,1-3H3. The Kier molecular flexibility index (Phi) is 4.48. The fourth-order valence-corrected chi connectivity index (χ4v) is 2.29. The Balaban J connectivity index is 2.64. The second-order valence-corrected chi connectivity index (χ2v) is 4.73. The highest BCUT2D eigenvalue weighted by atomic mass is 35.5. The van der Waals surface area contributed by atoms with Gasteiger partial charge < -0.3 is 0 Å². The lowest BCUT2D eigenvalue weighted by molar-refractivity contribution is 0.938. The van der Waals surface area contributed by atoms with Gasteiger partial charge in [0.2, 0.25) is 0 Å². The van der Waals surface area contributed by atoms with Crippen LogP contribution in [-0.2, 0) is 19.3 Å². The summed E-state index contributed by atoms with van der Waals surface area (Å²) in [7, 11) is 0. The molecule has 0 bridgehead atoms. The van der Waals surface area contributed by atoms with Crippen molar-refractivity contribution in [1.29, 1.82) is 0 Å². The molecule has 0 saturated carbocycles. The Morgan fingerprint density at radius 1 is 1.00 bits per heavy atom. The summed E-state index contributed by atoms with van der Waals surface area (Å²) in [6.45, 7) is 6.29. The molecule has 2 aromatic heterocycles. The van der Waals surface area contributed by atoms with Crippen molar-refractivity contribution in [3.63, 3.8) is 0 Å². The Morgan fingerprint density at radius 2 is 1.63 bits per heavy atom. The van der Waals surface area contributed by atoms with Gasteiger partial charge in [0.15, 0.2) is 5.82 Å². The maximum absolute atomic E-state index is 6.24. The smallest absolute Gasteiger partial charge is 0.163 e. The lowest BCUT2D eigenvalue weighted by Gasteiger charge is -2.10. The molecule has 2 rings (SSSR count). The number of halogens is 1. The molecule has 0 unspecified atom stereocenters. The van der Waals surface area contributed by atoms with Crippen LogP contribution in [0.15, 0.2) is 18.3 Å². The first-order valence-electron chi connectivity index (χ1n) is 6.70. The summed E-state index contributed by atoms with van der Waals surface area (Å²) in [5.74, 6) is 0.700. The van der Waals surface area contributed by atoms with Gasteiger partial charge >= 0.3 is 0 Å². The molecule has 0 saturated heterocycles. The number of aryl methyl sites for hydroxylation is 3. The second kappa shape index (κ2) is 6.11. The van der Waals surface area contributed by atoms with Crippen molar-refractivity contribution in [3.8, 4) is 11.4 Å². The van der Waals surface area contributed by atoms with Crippen molar-refractivity contribution < 1.29 is 0 Å². The van der Waals surface area contributed by atoms with Gasteiger partial charge in [0.05, 0.1) is 5.56 Å². The summed E-state index contributed by atoms with van der Waals surface area (Å²) in [6, 6.07) is 4.04. The average Bonchev–Trinajstić information content (AvgIpc) is 2.46. The third-order valence-electron chi connectivity index (χ3n) is 3.15. The first-order chi connectivity index (χ1) is 9.19. The number of rotatable bonds is 4. The molecule has 0 N–H and O–H groups in total. The maximum Gasteiger partial charge on any atom is 0.163 e. The molecule has 4 heteroatoms. The molecule has 0 fully saturated rings. The van der Waals surface area contributed by atoms with E-state index in [1.165, 1.54) is 0 Å². The first-order valence-corrected chi connectivity index (χ1v) is 7.07. The zero-order valence-electron chi connectivity index (χ0n) is 11.6. The summed E-state index contributed by atoms with van der Waals surface area (Å²) in [6.07, 6.45) is 4.40. The second-order valence-electron chi connectivity index (χ2n) is 4.37. The lowest BCUT2D eigenvalue weighted by atomic mass is 10.1. The molecule has 19 heavy (non-hydrogen) atoms. The summed E-state index contributed by atoms with van der Waals surface area (Å²) in [4.78, 5) is 13.4. The monoisotopic (exact) mass is 275 g/mol. The van der Waals surface area contributed by atoms with Crippen LogP contribution in [0.5, 0.6) is 0 Å². The van der Waals surface area contributed by atoms with E-state index in [1.54, 1.807) is 6.20 Å². The molecule has 0 atom stereocenters.